The van der Waals surface area contributed by atoms with E-state index in [1.807, 2.05) is 7.05 Å². The van der Waals surface area contributed by atoms with E-state index in [9.17, 15) is 0 Å². The van der Waals surface area contributed by atoms with Crippen LogP contribution in [0.5, 0.6) is 0 Å². The van der Waals surface area contributed by atoms with Crippen LogP contribution >= 0.6 is 0 Å². The second-order valence-electron chi connectivity index (χ2n) is 6.70. The van der Waals surface area contributed by atoms with E-state index in [1.165, 1.54) is 56.4 Å². The van der Waals surface area contributed by atoms with Gasteiger partial charge >= 0.3 is 0 Å². The number of anilines is 1. The molecule has 1 fully saturated rings. The van der Waals surface area contributed by atoms with Gasteiger partial charge in [-0.1, -0.05) is 25.0 Å². The minimum Gasteiger partial charge on any atom is -0.371 e. The van der Waals surface area contributed by atoms with Crippen molar-refractivity contribution in [3.05, 3.63) is 29.3 Å². The third kappa shape index (κ3) is 3.01. The Kier molecular flexibility index (Phi) is 4.30. The first-order valence-corrected chi connectivity index (χ1v) is 8.30. The summed E-state index contributed by atoms with van der Waals surface area (Å²) in [5.74, 6) is 0.945. The molecule has 0 bridgehead atoms. The molecule has 0 spiro atoms. The molecule has 0 saturated heterocycles. The Balaban J connectivity index is 1.71. The van der Waals surface area contributed by atoms with Gasteiger partial charge in [0.05, 0.1) is 0 Å². The monoisotopic (exact) mass is 272 g/mol. The molecule has 1 aromatic carbocycles. The molecule has 2 heteroatoms. The first-order valence-electron chi connectivity index (χ1n) is 8.30. The summed E-state index contributed by atoms with van der Waals surface area (Å²) in [5.41, 5.74) is 4.56. The first-order chi connectivity index (χ1) is 9.76. The lowest BCUT2D eigenvalue weighted by Crippen LogP contribution is -2.27. The van der Waals surface area contributed by atoms with Gasteiger partial charge in [-0.2, -0.15) is 0 Å². The van der Waals surface area contributed by atoms with Crippen molar-refractivity contribution in [2.75, 3.05) is 25.0 Å². The van der Waals surface area contributed by atoms with E-state index in [4.69, 9.17) is 0 Å². The van der Waals surface area contributed by atoms with Crippen LogP contribution in [0.15, 0.2) is 18.2 Å². The first kappa shape index (κ1) is 13.9. The van der Waals surface area contributed by atoms with E-state index in [0.29, 0.717) is 6.04 Å². The van der Waals surface area contributed by atoms with Crippen LogP contribution in [-0.4, -0.2) is 26.2 Å². The normalized spacial score (nSPS) is 20.4. The van der Waals surface area contributed by atoms with Gasteiger partial charge in [-0.25, -0.2) is 0 Å². The molecule has 2 aliphatic rings. The zero-order chi connectivity index (χ0) is 13.9. The molecule has 2 nitrogen and oxygen atoms in total. The summed E-state index contributed by atoms with van der Waals surface area (Å²) in [4.78, 5) is 2.65. The Hall–Kier alpha value is -1.02. The van der Waals surface area contributed by atoms with Crippen LogP contribution < -0.4 is 10.2 Å². The molecule has 1 saturated carbocycles. The highest BCUT2D eigenvalue weighted by atomic mass is 15.1. The predicted octanol–water partition coefficient (Wildman–Crippen LogP) is 3.39. The third-order valence-corrected chi connectivity index (χ3v) is 5.13. The molecule has 0 aromatic heterocycles. The topological polar surface area (TPSA) is 15.3 Å². The van der Waals surface area contributed by atoms with Crippen molar-refractivity contribution in [3.8, 4) is 0 Å². The van der Waals surface area contributed by atoms with Crippen molar-refractivity contribution >= 4 is 5.69 Å². The Morgan fingerprint density at radius 2 is 2.10 bits per heavy atom. The lowest BCUT2D eigenvalue weighted by molar-refractivity contribution is 0.538. The average Bonchev–Trinajstić information content (AvgIpc) is 3.10. The van der Waals surface area contributed by atoms with E-state index in [2.05, 4.69) is 35.3 Å². The molecule has 0 amide bonds. The van der Waals surface area contributed by atoms with Crippen molar-refractivity contribution in [1.29, 1.82) is 0 Å². The fourth-order valence-corrected chi connectivity index (χ4v) is 3.77. The molecule has 1 unspecified atom stereocenters. The molecule has 1 aromatic rings. The van der Waals surface area contributed by atoms with E-state index in [0.717, 1.165) is 12.3 Å². The molecule has 1 N–H and O–H groups in total. The summed E-state index contributed by atoms with van der Waals surface area (Å²) in [5, 5.41) is 3.34. The standard InChI is InChI=1S/C18H28N2/c1-14(19-2)11-16-7-8-17-9-10-20(18(17)12-16)13-15-5-3-4-6-15/h7-8,12,14-15,19H,3-6,9-11,13H2,1-2H3. The SMILES string of the molecule is CNC(C)Cc1ccc2c(c1)N(CC1CCCC1)CC2. The quantitative estimate of drug-likeness (QED) is 0.884. The Morgan fingerprint density at radius 1 is 1.30 bits per heavy atom. The molecular weight excluding hydrogens is 244 g/mol. The van der Waals surface area contributed by atoms with Crippen LogP contribution in [0, 0.1) is 5.92 Å². The van der Waals surface area contributed by atoms with E-state index < -0.39 is 0 Å². The van der Waals surface area contributed by atoms with Crippen molar-refractivity contribution in [1.82, 2.24) is 5.32 Å². The lowest BCUT2D eigenvalue weighted by atomic mass is 10.0. The fourth-order valence-electron chi connectivity index (χ4n) is 3.77. The number of nitrogens with one attached hydrogen (secondary N) is 1. The van der Waals surface area contributed by atoms with Crippen LogP contribution in [0.2, 0.25) is 0 Å². The number of benzene rings is 1. The number of hydrogen-bond donors (Lipinski definition) is 1. The van der Waals surface area contributed by atoms with Crippen LogP contribution in [0.25, 0.3) is 0 Å². The molecular formula is C18H28N2. The fraction of sp³-hybridized carbons (Fsp3) is 0.667. The van der Waals surface area contributed by atoms with Crippen LogP contribution in [0.1, 0.15) is 43.7 Å². The van der Waals surface area contributed by atoms with Gasteiger partial charge in [0.15, 0.2) is 0 Å². The van der Waals surface area contributed by atoms with Crippen LogP contribution in [-0.2, 0) is 12.8 Å². The minimum absolute atomic E-state index is 0.553. The summed E-state index contributed by atoms with van der Waals surface area (Å²) in [6.07, 6.45) is 8.16. The molecule has 1 heterocycles. The van der Waals surface area contributed by atoms with E-state index >= 15 is 0 Å². The third-order valence-electron chi connectivity index (χ3n) is 5.13. The summed E-state index contributed by atoms with van der Waals surface area (Å²) in [7, 11) is 2.05. The maximum absolute atomic E-state index is 3.34. The van der Waals surface area contributed by atoms with Gasteiger partial charge in [-0.15, -0.1) is 0 Å². The number of fused-ring (bicyclic) bond motifs is 1. The number of hydrogen-bond acceptors (Lipinski definition) is 2. The summed E-state index contributed by atoms with van der Waals surface area (Å²) < 4.78 is 0. The average molecular weight is 272 g/mol. The molecule has 0 radical (unpaired) electrons. The van der Waals surface area contributed by atoms with Gasteiger partial charge in [0, 0.05) is 24.8 Å². The Labute approximate surface area is 123 Å². The van der Waals surface area contributed by atoms with Gasteiger partial charge < -0.3 is 10.2 Å². The lowest BCUT2D eigenvalue weighted by Gasteiger charge is -2.24. The van der Waals surface area contributed by atoms with Crippen molar-refractivity contribution in [3.63, 3.8) is 0 Å². The van der Waals surface area contributed by atoms with Crippen molar-refractivity contribution in [2.45, 2.75) is 51.5 Å². The largest absolute Gasteiger partial charge is 0.371 e. The number of nitrogens with zero attached hydrogens (tertiary/aromatic N) is 1. The molecule has 110 valence electrons. The second-order valence-corrected chi connectivity index (χ2v) is 6.70. The highest BCUT2D eigenvalue weighted by Crippen LogP contribution is 2.33. The van der Waals surface area contributed by atoms with Gasteiger partial charge in [-0.3, -0.25) is 0 Å². The zero-order valence-electron chi connectivity index (χ0n) is 13.0. The molecule has 1 aliphatic heterocycles. The Morgan fingerprint density at radius 3 is 2.85 bits per heavy atom. The van der Waals surface area contributed by atoms with E-state index in [1.54, 1.807) is 5.56 Å². The van der Waals surface area contributed by atoms with Gasteiger partial charge in [0.2, 0.25) is 0 Å². The maximum Gasteiger partial charge on any atom is 0.0402 e. The second kappa shape index (κ2) is 6.17. The summed E-state index contributed by atoms with van der Waals surface area (Å²) in [6, 6.07) is 7.69. The molecule has 1 aliphatic carbocycles. The predicted molar refractivity (Wildman–Crippen MR) is 86.5 cm³/mol. The molecule has 3 rings (SSSR count). The molecule has 20 heavy (non-hydrogen) atoms. The highest BCUT2D eigenvalue weighted by Gasteiger charge is 2.24. The van der Waals surface area contributed by atoms with Gasteiger partial charge in [0.25, 0.3) is 0 Å². The molecule has 1 atom stereocenters. The van der Waals surface area contributed by atoms with Gasteiger partial charge in [-0.05, 0) is 62.8 Å². The summed E-state index contributed by atoms with van der Waals surface area (Å²) >= 11 is 0. The van der Waals surface area contributed by atoms with Crippen LogP contribution in [0.4, 0.5) is 5.69 Å². The number of rotatable bonds is 5. The Bertz CT molecular complexity index is 449. The minimum atomic E-state index is 0.553. The van der Waals surface area contributed by atoms with Crippen molar-refractivity contribution < 1.29 is 0 Å². The highest BCUT2D eigenvalue weighted by molar-refractivity contribution is 5.59. The van der Waals surface area contributed by atoms with E-state index in [-0.39, 0.29) is 0 Å². The zero-order valence-corrected chi connectivity index (χ0v) is 13.0. The van der Waals surface area contributed by atoms with Crippen LogP contribution in [0.3, 0.4) is 0 Å². The smallest absolute Gasteiger partial charge is 0.0402 e. The van der Waals surface area contributed by atoms with Gasteiger partial charge in [0.1, 0.15) is 0 Å². The maximum atomic E-state index is 3.34. The number of likely N-dealkylation sites (N-methyl/N-ethyl adjacent to an activating group) is 1. The van der Waals surface area contributed by atoms with Crippen molar-refractivity contribution in [2.24, 2.45) is 5.92 Å². The summed E-state index contributed by atoms with van der Waals surface area (Å²) in [6.45, 7) is 4.78.